The SMILES string of the molecule is CCCCCC/C=C\CCCCCCCCC(=O)O.CCCCCCCCCCCCCCC=CC(=O)O. The number of allylic oxidation sites excluding steroid dienone is 3. The average Bonchev–Trinajstić information content (AvgIpc) is 2.89. The van der Waals surface area contributed by atoms with Gasteiger partial charge >= 0.3 is 11.9 Å². The lowest BCUT2D eigenvalue weighted by molar-refractivity contribution is -0.137. The third kappa shape index (κ3) is 41.5. The van der Waals surface area contributed by atoms with E-state index < -0.39 is 11.9 Å². The van der Waals surface area contributed by atoms with Crippen LogP contribution >= 0.6 is 0 Å². The Morgan fingerprint density at radius 3 is 1.13 bits per heavy atom. The Hall–Kier alpha value is -1.58. The first-order valence-electron chi connectivity index (χ1n) is 16.3. The van der Waals surface area contributed by atoms with Gasteiger partial charge in [0.05, 0.1) is 0 Å². The van der Waals surface area contributed by atoms with Crippen LogP contribution in [0.4, 0.5) is 0 Å². The van der Waals surface area contributed by atoms with Gasteiger partial charge in [-0.2, -0.15) is 0 Å². The van der Waals surface area contributed by atoms with Crippen molar-refractivity contribution in [2.75, 3.05) is 0 Å². The van der Waals surface area contributed by atoms with Crippen LogP contribution in [0.1, 0.15) is 181 Å². The fourth-order valence-electron chi connectivity index (χ4n) is 4.46. The Labute approximate surface area is 236 Å². The highest BCUT2D eigenvalue weighted by Crippen LogP contribution is 2.13. The standard InChI is InChI=1S/2C17H32O2/c2*1-2-3-4-5-6-7-8-9-10-11-12-13-14-15-16-17(18)19/h15-16H,2-14H2,1H3,(H,18,19);7-8H,2-6,9-16H2,1H3,(H,18,19)/b;8-7-. The Balaban J connectivity index is 0. The summed E-state index contributed by atoms with van der Waals surface area (Å²) in [4.78, 5) is 20.5. The van der Waals surface area contributed by atoms with E-state index in [0.29, 0.717) is 6.42 Å². The maximum absolute atomic E-state index is 10.3. The molecular formula is C34H64O4. The van der Waals surface area contributed by atoms with E-state index in [2.05, 4.69) is 26.0 Å². The van der Waals surface area contributed by atoms with Gasteiger partial charge in [-0.1, -0.05) is 148 Å². The highest BCUT2D eigenvalue weighted by atomic mass is 16.4. The van der Waals surface area contributed by atoms with E-state index in [0.717, 1.165) is 25.7 Å². The Morgan fingerprint density at radius 2 is 0.763 bits per heavy atom. The monoisotopic (exact) mass is 536 g/mol. The summed E-state index contributed by atoms with van der Waals surface area (Å²) < 4.78 is 0. The average molecular weight is 537 g/mol. The van der Waals surface area contributed by atoms with Crippen LogP contribution in [-0.4, -0.2) is 22.2 Å². The molecule has 0 radical (unpaired) electrons. The summed E-state index contributed by atoms with van der Waals surface area (Å²) in [5.74, 6) is -1.50. The maximum atomic E-state index is 10.3. The number of aliphatic carboxylic acids is 2. The lowest BCUT2D eigenvalue weighted by atomic mass is 10.0. The van der Waals surface area contributed by atoms with Crippen LogP contribution in [0.5, 0.6) is 0 Å². The second-order valence-corrected chi connectivity index (χ2v) is 10.8. The van der Waals surface area contributed by atoms with Gasteiger partial charge in [0.25, 0.3) is 0 Å². The van der Waals surface area contributed by atoms with Crippen molar-refractivity contribution in [3.8, 4) is 0 Å². The molecule has 0 aliphatic carbocycles. The zero-order chi connectivity index (χ0) is 28.4. The number of rotatable bonds is 28. The molecule has 0 atom stereocenters. The lowest BCUT2D eigenvalue weighted by Gasteiger charge is -2.02. The summed E-state index contributed by atoms with van der Waals surface area (Å²) in [5.41, 5.74) is 0. The molecule has 0 amide bonds. The summed E-state index contributed by atoms with van der Waals surface area (Å²) in [6.45, 7) is 4.51. The van der Waals surface area contributed by atoms with Gasteiger partial charge in [-0.05, 0) is 44.9 Å². The van der Waals surface area contributed by atoms with Crippen molar-refractivity contribution in [1.82, 2.24) is 0 Å². The van der Waals surface area contributed by atoms with Crippen LogP contribution in [0.2, 0.25) is 0 Å². The van der Waals surface area contributed by atoms with Gasteiger partial charge < -0.3 is 10.2 Å². The molecule has 0 aromatic rings. The molecular weight excluding hydrogens is 472 g/mol. The molecule has 0 aliphatic rings. The summed E-state index contributed by atoms with van der Waals surface area (Å²) >= 11 is 0. The van der Waals surface area contributed by atoms with Gasteiger partial charge in [0.2, 0.25) is 0 Å². The minimum Gasteiger partial charge on any atom is -0.481 e. The van der Waals surface area contributed by atoms with Crippen molar-refractivity contribution in [3.05, 3.63) is 24.3 Å². The highest BCUT2D eigenvalue weighted by molar-refractivity contribution is 5.79. The molecule has 0 aromatic carbocycles. The number of hydrogen-bond acceptors (Lipinski definition) is 2. The van der Waals surface area contributed by atoms with Crippen LogP contribution in [0.25, 0.3) is 0 Å². The van der Waals surface area contributed by atoms with E-state index in [1.165, 1.54) is 141 Å². The molecule has 224 valence electrons. The number of carboxylic acid groups (broad SMARTS) is 2. The number of carbonyl (C=O) groups is 2. The van der Waals surface area contributed by atoms with Crippen LogP contribution in [0.15, 0.2) is 24.3 Å². The molecule has 0 bridgehead atoms. The topological polar surface area (TPSA) is 74.6 Å². The largest absolute Gasteiger partial charge is 0.481 e. The Morgan fingerprint density at radius 1 is 0.447 bits per heavy atom. The van der Waals surface area contributed by atoms with E-state index in [-0.39, 0.29) is 0 Å². The molecule has 38 heavy (non-hydrogen) atoms. The van der Waals surface area contributed by atoms with Gasteiger partial charge in [0.15, 0.2) is 0 Å². The lowest BCUT2D eigenvalue weighted by Crippen LogP contribution is -1.93. The van der Waals surface area contributed by atoms with Crippen molar-refractivity contribution < 1.29 is 19.8 Å². The van der Waals surface area contributed by atoms with Crippen LogP contribution < -0.4 is 0 Å². The first kappa shape index (κ1) is 38.6. The third-order valence-electron chi connectivity index (χ3n) is 6.89. The quantitative estimate of drug-likeness (QED) is 0.0592. The zero-order valence-electron chi connectivity index (χ0n) is 25.4. The molecule has 0 spiro atoms. The zero-order valence-corrected chi connectivity index (χ0v) is 25.4. The van der Waals surface area contributed by atoms with Gasteiger partial charge in [-0.25, -0.2) is 4.79 Å². The predicted molar refractivity (Wildman–Crippen MR) is 165 cm³/mol. The van der Waals surface area contributed by atoms with Crippen molar-refractivity contribution in [2.45, 2.75) is 181 Å². The van der Waals surface area contributed by atoms with Crippen molar-refractivity contribution in [3.63, 3.8) is 0 Å². The summed E-state index contributed by atoms with van der Waals surface area (Å²) in [6.07, 6.45) is 39.9. The molecule has 0 rings (SSSR count). The Kier molecular flexibility index (Phi) is 35.9. The van der Waals surface area contributed by atoms with E-state index >= 15 is 0 Å². The fraction of sp³-hybridized carbons (Fsp3) is 0.824. The molecule has 4 nitrogen and oxygen atoms in total. The van der Waals surface area contributed by atoms with E-state index in [4.69, 9.17) is 10.2 Å². The molecule has 0 saturated heterocycles. The van der Waals surface area contributed by atoms with Crippen molar-refractivity contribution >= 4 is 11.9 Å². The molecule has 0 saturated carbocycles. The van der Waals surface area contributed by atoms with Gasteiger partial charge in [0, 0.05) is 12.5 Å². The molecule has 0 heterocycles. The Bertz CT molecular complexity index is 539. The summed E-state index contributed by atoms with van der Waals surface area (Å²) in [7, 11) is 0. The van der Waals surface area contributed by atoms with E-state index in [9.17, 15) is 9.59 Å². The van der Waals surface area contributed by atoms with E-state index in [1.54, 1.807) is 6.08 Å². The smallest absolute Gasteiger partial charge is 0.327 e. The molecule has 0 unspecified atom stereocenters. The van der Waals surface area contributed by atoms with Crippen LogP contribution in [0, 0.1) is 0 Å². The first-order chi connectivity index (χ1) is 18.5. The molecule has 2 N–H and O–H groups in total. The summed E-state index contributed by atoms with van der Waals surface area (Å²) in [6, 6.07) is 0. The summed E-state index contributed by atoms with van der Waals surface area (Å²) in [5, 5.41) is 16.9. The highest BCUT2D eigenvalue weighted by Gasteiger charge is 1.96. The van der Waals surface area contributed by atoms with E-state index in [1.807, 2.05) is 0 Å². The first-order valence-corrected chi connectivity index (χ1v) is 16.3. The number of carboxylic acids is 2. The molecule has 0 aliphatic heterocycles. The minimum absolute atomic E-state index is 0.334. The van der Waals surface area contributed by atoms with Crippen molar-refractivity contribution in [1.29, 1.82) is 0 Å². The predicted octanol–water partition coefficient (Wildman–Crippen LogP) is 11.4. The number of unbranched alkanes of at least 4 members (excludes halogenated alkanes) is 22. The fourth-order valence-corrected chi connectivity index (χ4v) is 4.46. The normalized spacial score (nSPS) is 11.2. The van der Waals surface area contributed by atoms with Gasteiger partial charge in [0.1, 0.15) is 0 Å². The van der Waals surface area contributed by atoms with Gasteiger partial charge in [-0.15, -0.1) is 0 Å². The minimum atomic E-state index is -0.834. The maximum Gasteiger partial charge on any atom is 0.327 e. The molecule has 0 aromatic heterocycles. The molecule has 0 fully saturated rings. The van der Waals surface area contributed by atoms with Crippen LogP contribution in [0.3, 0.4) is 0 Å². The van der Waals surface area contributed by atoms with Crippen LogP contribution in [-0.2, 0) is 9.59 Å². The van der Waals surface area contributed by atoms with Crippen molar-refractivity contribution in [2.24, 2.45) is 0 Å². The molecule has 4 heteroatoms. The third-order valence-corrected chi connectivity index (χ3v) is 6.89. The second-order valence-electron chi connectivity index (χ2n) is 10.8. The number of hydrogen-bond donors (Lipinski definition) is 2. The van der Waals surface area contributed by atoms with Gasteiger partial charge in [-0.3, -0.25) is 4.79 Å². The second kappa shape index (κ2) is 35.4.